The number of hydrogen-bond donors (Lipinski definition) is 1. The van der Waals surface area contributed by atoms with Crippen molar-refractivity contribution in [2.75, 3.05) is 6.54 Å². The summed E-state index contributed by atoms with van der Waals surface area (Å²) in [5.74, 6) is 0.506. The summed E-state index contributed by atoms with van der Waals surface area (Å²) in [6, 6.07) is 9.98. The molecule has 4 nitrogen and oxygen atoms in total. The highest BCUT2D eigenvalue weighted by molar-refractivity contribution is 5.36. The predicted octanol–water partition coefficient (Wildman–Crippen LogP) is 2.77. The molecular weight excluding hydrogens is 262 g/mol. The van der Waals surface area contributed by atoms with Gasteiger partial charge >= 0.3 is 0 Å². The molecule has 0 bridgehead atoms. The van der Waals surface area contributed by atoms with Gasteiger partial charge in [-0.3, -0.25) is 4.79 Å². The smallest absolute Gasteiger partial charge is 0.204 e. The molecule has 0 fully saturated rings. The Balaban J connectivity index is 2.40. The maximum absolute atomic E-state index is 12.0. The third kappa shape index (κ3) is 3.58. The van der Waals surface area contributed by atoms with Gasteiger partial charge in [0.25, 0.3) is 0 Å². The van der Waals surface area contributed by atoms with Gasteiger partial charge in [-0.2, -0.15) is 5.10 Å². The molecule has 0 amide bonds. The van der Waals surface area contributed by atoms with Crippen molar-refractivity contribution in [1.82, 2.24) is 15.1 Å². The van der Waals surface area contributed by atoms with Crippen LogP contribution in [0.25, 0.3) is 5.69 Å². The second kappa shape index (κ2) is 6.68. The first-order valence-corrected chi connectivity index (χ1v) is 7.43. The normalized spacial score (nSPS) is 11.1. The van der Waals surface area contributed by atoms with Crippen molar-refractivity contribution in [3.63, 3.8) is 0 Å². The van der Waals surface area contributed by atoms with E-state index < -0.39 is 0 Å². The highest BCUT2D eigenvalue weighted by Crippen LogP contribution is 2.17. The van der Waals surface area contributed by atoms with Crippen LogP contribution in [-0.4, -0.2) is 16.3 Å². The van der Waals surface area contributed by atoms with Crippen LogP contribution in [0.5, 0.6) is 0 Å². The summed E-state index contributed by atoms with van der Waals surface area (Å²) in [7, 11) is 0. The first-order chi connectivity index (χ1) is 10.0. The summed E-state index contributed by atoms with van der Waals surface area (Å²) in [5.41, 5.74) is 3.66. The van der Waals surface area contributed by atoms with Gasteiger partial charge in [-0.25, -0.2) is 4.68 Å². The molecule has 1 N–H and O–H groups in total. The van der Waals surface area contributed by atoms with Crippen LogP contribution in [0.15, 0.2) is 35.1 Å². The van der Waals surface area contributed by atoms with Crippen molar-refractivity contribution in [3.05, 3.63) is 57.5 Å². The van der Waals surface area contributed by atoms with Crippen molar-refractivity contribution in [1.29, 1.82) is 0 Å². The molecule has 1 aromatic carbocycles. The lowest BCUT2D eigenvalue weighted by Gasteiger charge is -2.13. The molecule has 0 saturated heterocycles. The van der Waals surface area contributed by atoms with Crippen LogP contribution in [0.3, 0.4) is 0 Å². The molecule has 0 unspecified atom stereocenters. The zero-order valence-electron chi connectivity index (χ0n) is 13.2. The molecule has 0 atom stereocenters. The van der Waals surface area contributed by atoms with Crippen molar-refractivity contribution >= 4 is 0 Å². The molecule has 0 aliphatic heterocycles. The molecular formula is C17H23N3O. The zero-order valence-corrected chi connectivity index (χ0v) is 13.2. The number of rotatable bonds is 5. The first-order valence-electron chi connectivity index (χ1n) is 7.43. The average Bonchev–Trinajstić information content (AvgIpc) is 2.46. The van der Waals surface area contributed by atoms with Gasteiger partial charge in [0.15, 0.2) is 0 Å². The molecule has 21 heavy (non-hydrogen) atoms. The van der Waals surface area contributed by atoms with Crippen LogP contribution in [-0.2, 0) is 6.54 Å². The van der Waals surface area contributed by atoms with E-state index in [-0.39, 0.29) is 5.43 Å². The van der Waals surface area contributed by atoms with Crippen molar-refractivity contribution in [2.45, 2.75) is 40.2 Å². The fourth-order valence-corrected chi connectivity index (χ4v) is 2.21. The number of nitrogens with zero attached hydrogens (tertiary/aromatic N) is 2. The largest absolute Gasteiger partial charge is 0.311 e. The van der Waals surface area contributed by atoms with E-state index in [0.717, 1.165) is 17.9 Å². The fraction of sp³-hybridized carbons (Fsp3) is 0.412. The maximum atomic E-state index is 12.0. The third-order valence-corrected chi connectivity index (χ3v) is 3.53. The summed E-state index contributed by atoms with van der Waals surface area (Å²) >= 11 is 0. The Morgan fingerprint density at radius 1 is 1.24 bits per heavy atom. The van der Waals surface area contributed by atoms with Crippen LogP contribution in [0.4, 0.5) is 0 Å². The fourth-order valence-electron chi connectivity index (χ4n) is 2.21. The van der Waals surface area contributed by atoms with E-state index in [1.54, 1.807) is 6.07 Å². The summed E-state index contributed by atoms with van der Waals surface area (Å²) in [5, 5.41) is 7.65. The minimum absolute atomic E-state index is 0.0106. The molecule has 4 heteroatoms. The molecule has 0 radical (unpaired) electrons. The SMILES string of the molecule is CCNCc1nn(-c2ccc(C(C)C)cc2)c(C)cc1=O. The highest BCUT2D eigenvalue weighted by Gasteiger charge is 2.08. The van der Waals surface area contributed by atoms with Gasteiger partial charge in [0.1, 0.15) is 5.69 Å². The summed E-state index contributed by atoms with van der Waals surface area (Å²) < 4.78 is 1.83. The van der Waals surface area contributed by atoms with Crippen LogP contribution >= 0.6 is 0 Å². The van der Waals surface area contributed by atoms with Gasteiger partial charge in [0.05, 0.1) is 5.69 Å². The Morgan fingerprint density at radius 3 is 2.48 bits per heavy atom. The van der Waals surface area contributed by atoms with E-state index in [1.807, 2.05) is 18.5 Å². The molecule has 2 aromatic rings. The first kappa shape index (κ1) is 15.4. The maximum Gasteiger partial charge on any atom is 0.204 e. The molecule has 0 saturated carbocycles. The lowest BCUT2D eigenvalue weighted by atomic mass is 10.0. The Labute approximate surface area is 125 Å². The number of aryl methyl sites for hydroxylation is 1. The Kier molecular flexibility index (Phi) is 4.91. The minimum atomic E-state index is -0.0106. The summed E-state index contributed by atoms with van der Waals surface area (Å²) in [6.45, 7) is 9.58. The number of nitrogens with one attached hydrogen (secondary N) is 1. The standard InChI is InChI=1S/C17H23N3O/c1-5-18-11-16-17(21)10-13(4)20(19-16)15-8-6-14(7-9-15)12(2)3/h6-10,12,18H,5,11H2,1-4H3. The molecule has 0 spiro atoms. The van der Waals surface area contributed by atoms with Gasteiger partial charge in [-0.15, -0.1) is 0 Å². The predicted molar refractivity (Wildman–Crippen MR) is 86.0 cm³/mol. The molecule has 0 aliphatic rings. The zero-order chi connectivity index (χ0) is 15.4. The van der Waals surface area contributed by atoms with E-state index in [2.05, 4.69) is 48.5 Å². The number of aromatic nitrogens is 2. The lowest BCUT2D eigenvalue weighted by Crippen LogP contribution is -2.24. The van der Waals surface area contributed by atoms with Crippen LogP contribution in [0.2, 0.25) is 0 Å². The van der Waals surface area contributed by atoms with Crippen molar-refractivity contribution < 1.29 is 0 Å². The molecule has 2 rings (SSSR count). The summed E-state index contributed by atoms with van der Waals surface area (Å²) in [4.78, 5) is 12.0. The van der Waals surface area contributed by atoms with Crippen molar-refractivity contribution in [3.8, 4) is 5.69 Å². The number of benzene rings is 1. The summed E-state index contributed by atoms with van der Waals surface area (Å²) in [6.07, 6.45) is 0. The van der Waals surface area contributed by atoms with Crippen molar-refractivity contribution in [2.24, 2.45) is 0 Å². The monoisotopic (exact) mass is 285 g/mol. The number of hydrogen-bond acceptors (Lipinski definition) is 3. The van der Waals surface area contributed by atoms with Gasteiger partial charge in [-0.05, 0) is 37.1 Å². The van der Waals surface area contributed by atoms with Crippen LogP contribution < -0.4 is 10.7 Å². The van der Waals surface area contributed by atoms with E-state index >= 15 is 0 Å². The molecule has 112 valence electrons. The van der Waals surface area contributed by atoms with E-state index in [1.165, 1.54) is 5.56 Å². The molecule has 1 heterocycles. The van der Waals surface area contributed by atoms with E-state index in [9.17, 15) is 4.79 Å². The van der Waals surface area contributed by atoms with E-state index in [4.69, 9.17) is 0 Å². The second-order valence-corrected chi connectivity index (χ2v) is 5.54. The Morgan fingerprint density at radius 2 is 1.90 bits per heavy atom. The Bertz CT molecular complexity index is 657. The quantitative estimate of drug-likeness (QED) is 0.919. The van der Waals surface area contributed by atoms with E-state index in [0.29, 0.717) is 18.2 Å². The minimum Gasteiger partial charge on any atom is -0.311 e. The topological polar surface area (TPSA) is 46.9 Å². The Hall–Kier alpha value is -1.94. The van der Waals surface area contributed by atoms with Crippen LogP contribution in [0, 0.1) is 6.92 Å². The highest BCUT2D eigenvalue weighted by atomic mass is 16.1. The lowest BCUT2D eigenvalue weighted by molar-refractivity contribution is 0.665. The van der Waals surface area contributed by atoms with Crippen LogP contribution in [0.1, 0.15) is 43.6 Å². The van der Waals surface area contributed by atoms with Gasteiger partial charge in [0, 0.05) is 18.3 Å². The van der Waals surface area contributed by atoms with Gasteiger partial charge in [-0.1, -0.05) is 32.9 Å². The molecule has 0 aliphatic carbocycles. The molecule has 1 aromatic heterocycles. The van der Waals surface area contributed by atoms with Gasteiger partial charge < -0.3 is 5.32 Å². The second-order valence-electron chi connectivity index (χ2n) is 5.54. The average molecular weight is 285 g/mol. The third-order valence-electron chi connectivity index (χ3n) is 3.53. The van der Waals surface area contributed by atoms with Gasteiger partial charge in [0.2, 0.25) is 5.43 Å².